The Labute approximate surface area is 238 Å². The zero-order chi connectivity index (χ0) is 28.8. The topological polar surface area (TPSA) is 99.4 Å². The molecule has 0 saturated carbocycles. The number of aryl methyl sites for hydroxylation is 1. The fourth-order valence-electron chi connectivity index (χ4n) is 4.78. The smallest absolute Gasteiger partial charge is 0.309 e. The van der Waals surface area contributed by atoms with E-state index in [0.717, 1.165) is 16.1 Å². The lowest BCUT2D eigenvalue weighted by Gasteiger charge is -2.31. The number of hydrogen-bond donors (Lipinski definition) is 0. The van der Waals surface area contributed by atoms with Crippen LogP contribution in [0.1, 0.15) is 56.6 Å². The van der Waals surface area contributed by atoms with Gasteiger partial charge in [0.25, 0.3) is 11.8 Å². The van der Waals surface area contributed by atoms with Gasteiger partial charge in [-0.05, 0) is 63.4 Å². The highest BCUT2D eigenvalue weighted by molar-refractivity contribution is 7.09. The van der Waals surface area contributed by atoms with Crippen LogP contribution in [-0.4, -0.2) is 61.2 Å². The molecule has 10 heteroatoms. The summed E-state index contributed by atoms with van der Waals surface area (Å²) < 4.78 is 17.7. The molecule has 2 amide bonds. The van der Waals surface area contributed by atoms with E-state index in [0.29, 0.717) is 66.5 Å². The van der Waals surface area contributed by atoms with Crippen LogP contribution in [0.15, 0.2) is 47.5 Å². The van der Waals surface area contributed by atoms with Crippen LogP contribution in [0.5, 0.6) is 11.5 Å². The number of carbonyl (C=O) groups excluding carboxylic acids is 3. The second kappa shape index (κ2) is 13.0. The summed E-state index contributed by atoms with van der Waals surface area (Å²) in [5, 5.41) is 0. The third kappa shape index (κ3) is 6.28. The normalized spacial score (nSPS) is 14.2. The van der Waals surface area contributed by atoms with Gasteiger partial charge in [0, 0.05) is 34.8 Å². The van der Waals surface area contributed by atoms with Crippen LogP contribution >= 0.6 is 11.3 Å². The van der Waals surface area contributed by atoms with E-state index in [1.807, 2.05) is 42.7 Å². The zero-order valence-electron chi connectivity index (χ0n) is 23.6. The van der Waals surface area contributed by atoms with Gasteiger partial charge in [0.05, 0.1) is 33.3 Å². The summed E-state index contributed by atoms with van der Waals surface area (Å²) in [7, 11) is 3.06. The molecule has 40 heavy (non-hydrogen) atoms. The van der Waals surface area contributed by atoms with Gasteiger partial charge in [0.2, 0.25) is 0 Å². The third-order valence-electron chi connectivity index (χ3n) is 7.20. The highest BCUT2D eigenvalue weighted by Gasteiger charge is 2.29. The number of ether oxygens (including phenoxy) is 3. The summed E-state index contributed by atoms with van der Waals surface area (Å²) in [6.45, 7) is 7.51. The number of likely N-dealkylation sites (tertiary alicyclic amines) is 1. The molecule has 1 saturated heterocycles. The Hall–Kier alpha value is -3.92. The van der Waals surface area contributed by atoms with Gasteiger partial charge in [0.1, 0.15) is 0 Å². The average Bonchev–Trinajstić information content (AvgIpc) is 3.24. The molecule has 2 aromatic carbocycles. The molecule has 0 radical (unpaired) electrons. The maximum absolute atomic E-state index is 13.6. The fourth-order valence-corrected chi connectivity index (χ4v) is 5.75. The van der Waals surface area contributed by atoms with Gasteiger partial charge in [0.15, 0.2) is 16.3 Å². The fraction of sp³-hybridized carbons (Fsp3) is 0.400. The Bertz CT molecular complexity index is 1470. The molecule has 0 spiro atoms. The molecule has 9 nitrogen and oxygen atoms in total. The van der Waals surface area contributed by atoms with E-state index in [1.54, 1.807) is 30.0 Å². The Morgan fingerprint density at radius 1 is 1.00 bits per heavy atom. The molecule has 3 aromatic rings. The van der Waals surface area contributed by atoms with Crippen molar-refractivity contribution in [2.45, 2.75) is 40.2 Å². The number of nitrogens with zero attached hydrogens (tertiary/aromatic N) is 3. The van der Waals surface area contributed by atoms with Crippen LogP contribution in [0.25, 0.3) is 0 Å². The number of methoxy groups -OCH3 is 2. The Morgan fingerprint density at radius 3 is 2.38 bits per heavy atom. The Morgan fingerprint density at radius 2 is 1.70 bits per heavy atom. The molecule has 1 aliphatic rings. The summed E-state index contributed by atoms with van der Waals surface area (Å²) >= 11 is 1.43. The van der Waals surface area contributed by atoms with Crippen molar-refractivity contribution in [2.24, 2.45) is 10.9 Å². The van der Waals surface area contributed by atoms with Crippen LogP contribution in [-0.2, 0) is 16.1 Å². The van der Waals surface area contributed by atoms with Crippen molar-refractivity contribution in [1.29, 1.82) is 0 Å². The van der Waals surface area contributed by atoms with Gasteiger partial charge >= 0.3 is 5.97 Å². The monoisotopic (exact) mass is 565 g/mol. The number of esters is 1. The lowest BCUT2D eigenvalue weighted by atomic mass is 9.96. The first-order chi connectivity index (χ1) is 19.3. The Balaban J connectivity index is 1.59. The molecule has 4 rings (SSSR count). The predicted molar refractivity (Wildman–Crippen MR) is 152 cm³/mol. The molecular weight excluding hydrogens is 530 g/mol. The third-order valence-corrected chi connectivity index (χ3v) is 8.29. The van der Waals surface area contributed by atoms with Crippen LogP contribution in [0.3, 0.4) is 0 Å². The van der Waals surface area contributed by atoms with E-state index < -0.39 is 5.91 Å². The Kier molecular flexibility index (Phi) is 9.42. The molecular formula is C30H35N3O6S. The van der Waals surface area contributed by atoms with Crippen LogP contribution < -0.4 is 14.3 Å². The maximum Gasteiger partial charge on any atom is 0.309 e. The molecule has 0 atom stereocenters. The van der Waals surface area contributed by atoms with Gasteiger partial charge in [-0.25, -0.2) is 0 Å². The summed E-state index contributed by atoms with van der Waals surface area (Å²) in [6, 6.07) is 12.5. The van der Waals surface area contributed by atoms with Gasteiger partial charge in [-0.15, -0.1) is 11.3 Å². The number of carbonyl (C=O) groups is 3. The number of benzene rings is 2. The largest absolute Gasteiger partial charge is 0.493 e. The lowest BCUT2D eigenvalue weighted by molar-refractivity contribution is -0.149. The molecule has 0 bridgehead atoms. The highest BCUT2D eigenvalue weighted by atomic mass is 32.1. The first kappa shape index (κ1) is 29.1. The second-order valence-corrected chi connectivity index (χ2v) is 10.8. The zero-order valence-corrected chi connectivity index (χ0v) is 24.4. The summed E-state index contributed by atoms with van der Waals surface area (Å²) in [5.74, 6) is 0.164. The van der Waals surface area contributed by atoms with Gasteiger partial charge < -0.3 is 23.7 Å². The average molecular weight is 566 g/mol. The number of piperidine rings is 1. The molecule has 1 aromatic heterocycles. The lowest BCUT2D eigenvalue weighted by Crippen LogP contribution is -2.41. The molecule has 1 fully saturated rings. The number of hydrogen-bond acceptors (Lipinski definition) is 7. The van der Waals surface area contributed by atoms with Crippen molar-refractivity contribution in [3.8, 4) is 11.5 Å². The van der Waals surface area contributed by atoms with Crippen molar-refractivity contribution in [1.82, 2.24) is 9.47 Å². The molecule has 1 aliphatic heterocycles. The van der Waals surface area contributed by atoms with Crippen LogP contribution in [0, 0.1) is 19.8 Å². The van der Waals surface area contributed by atoms with E-state index in [-0.39, 0.29) is 17.8 Å². The SMILES string of the molecule is CCOC(=O)C1CCN(C(=O)c2ccccc2Cn2c(C)c(C)sc2=NC(=O)c2ccc(OC)c(OC)c2)CC1. The van der Waals surface area contributed by atoms with Gasteiger partial charge in [-0.3, -0.25) is 14.4 Å². The summed E-state index contributed by atoms with van der Waals surface area (Å²) in [6.07, 6.45) is 1.18. The van der Waals surface area contributed by atoms with Crippen LogP contribution in [0.4, 0.5) is 0 Å². The number of aromatic nitrogens is 1. The number of amides is 2. The van der Waals surface area contributed by atoms with Crippen molar-refractivity contribution in [3.05, 3.63) is 74.5 Å². The molecule has 212 valence electrons. The molecule has 0 unspecified atom stereocenters. The summed E-state index contributed by atoms with van der Waals surface area (Å²) in [4.78, 5) is 46.7. The highest BCUT2D eigenvalue weighted by Crippen LogP contribution is 2.28. The van der Waals surface area contributed by atoms with E-state index in [1.165, 1.54) is 25.6 Å². The predicted octanol–water partition coefficient (Wildman–Crippen LogP) is 4.39. The van der Waals surface area contributed by atoms with Gasteiger partial charge in [-0.2, -0.15) is 4.99 Å². The number of rotatable bonds is 8. The standard InChI is InChI=1S/C30H35N3O6S/c1-6-39-29(36)21-13-15-32(16-14-21)28(35)24-10-8-7-9-23(24)18-33-19(2)20(3)40-30(33)31-27(34)22-11-12-25(37-4)26(17-22)38-5/h7-12,17,21H,6,13-16,18H2,1-5H3. The maximum atomic E-state index is 13.6. The van der Waals surface area contributed by atoms with Crippen LogP contribution in [0.2, 0.25) is 0 Å². The van der Waals surface area contributed by atoms with E-state index in [4.69, 9.17) is 14.2 Å². The quantitative estimate of drug-likeness (QED) is 0.376. The van der Waals surface area contributed by atoms with Crippen molar-refractivity contribution in [3.63, 3.8) is 0 Å². The minimum Gasteiger partial charge on any atom is -0.493 e. The van der Waals surface area contributed by atoms with Crippen molar-refractivity contribution in [2.75, 3.05) is 33.9 Å². The summed E-state index contributed by atoms with van der Waals surface area (Å²) in [5.41, 5.74) is 2.79. The van der Waals surface area contributed by atoms with Crippen molar-refractivity contribution >= 4 is 29.1 Å². The molecule has 0 aliphatic carbocycles. The van der Waals surface area contributed by atoms with E-state index >= 15 is 0 Å². The number of thiazole rings is 1. The molecule has 2 heterocycles. The minimum atomic E-state index is -0.398. The minimum absolute atomic E-state index is 0.0667. The first-order valence-electron chi connectivity index (χ1n) is 13.3. The van der Waals surface area contributed by atoms with E-state index in [2.05, 4.69) is 4.99 Å². The van der Waals surface area contributed by atoms with E-state index in [9.17, 15) is 14.4 Å². The molecule has 0 N–H and O–H groups in total. The second-order valence-electron chi connectivity index (χ2n) is 9.57. The van der Waals surface area contributed by atoms with Gasteiger partial charge in [-0.1, -0.05) is 18.2 Å². The first-order valence-corrected chi connectivity index (χ1v) is 14.1. The van der Waals surface area contributed by atoms with Crippen molar-refractivity contribution < 1.29 is 28.6 Å².